The fourth-order valence-electron chi connectivity index (χ4n) is 2.07. The van der Waals surface area contributed by atoms with Crippen LogP contribution in [0, 0.1) is 10.5 Å². The molecule has 3 aromatic rings. The van der Waals surface area contributed by atoms with Crippen molar-refractivity contribution < 1.29 is 9.90 Å². The molecule has 0 aliphatic heterocycles. The zero-order valence-corrected chi connectivity index (χ0v) is 13.9. The number of rotatable bonds is 3. The summed E-state index contributed by atoms with van der Waals surface area (Å²) in [5, 5.41) is 13.2. The number of aryl methyl sites for hydroxylation is 1. The van der Waals surface area contributed by atoms with E-state index in [0.717, 1.165) is 14.6 Å². The molecule has 2 N–H and O–H groups in total. The molecule has 0 amide bonds. The van der Waals surface area contributed by atoms with Crippen molar-refractivity contribution in [2.75, 3.05) is 5.32 Å². The van der Waals surface area contributed by atoms with E-state index in [-0.39, 0.29) is 0 Å². The molecule has 1 aromatic carbocycles. The van der Waals surface area contributed by atoms with Crippen molar-refractivity contribution in [1.82, 2.24) is 9.97 Å². The lowest BCUT2D eigenvalue weighted by atomic mass is 10.2. The number of halogens is 1. The minimum atomic E-state index is -0.935. The number of aromatic carboxylic acids is 1. The number of hydrogen-bond acceptors (Lipinski definition) is 5. The number of aromatic nitrogens is 2. The van der Waals surface area contributed by atoms with E-state index in [0.29, 0.717) is 21.1 Å². The number of hydrogen-bond donors (Lipinski definition) is 2. The van der Waals surface area contributed by atoms with E-state index >= 15 is 0 Å². The standard InChI is InChI=1S/C14H10IN3O2S/c1-7-10-12(18-9-4-2-3-8(15)5-9)16-6-17-13(10)21-11(7)14(19)20/h2-6H,1H3,(H,19,20)(H,16,17,18). The highest BCUT2D eigenvalue weighted by Crippen LogP contribution is 2.34. The molecule has 0 aliphatic carbocycles. The number of carboxylic acids is 1. The molecule has 2 aromatic heterocycles. The molecule has 0 aliphatic rings. The quantitative estimate of drug-likeness (QED) is 0.637. The number of anilines is 2. The van der Waals surface area contributed by atoms with Crippen LogP contribution in [0.2, 0.25) is 0 Å². The van der Waals surface area contributed by atoms with E-state index < -0.39 is 5.97 Å². The summed E-state index contributed by atoms with van der Waals surface area (Å²) in [4.78, 5) is 20.6. The minimum absolute atomic E-state index is 0.302. The van der Waals surface area contributed by atoms with Crippen LogP contribution in [0.1, 0.15) is 15.2 Å². The van der Waals surface area contributed by atoms with E-state index in [2.05, 4.69) is 37.9 Å². The average molecular weight is 411 g/mol. The second kappa shape index (κ2) is 5.57. The maximum absolute atomic E-state index is 11.2. The van der Waals surface area contributed by atoms with Crippen molar-refractivity contribution in [3.05, 3.63) is 44.6 Å². The number of nitrogens with one attached hydrogen (secondary N) is 1. The maximum Gasteiger partial charge on any atom is 0.346 e. The third-order valence-corrected chi connectivity index (χ3v) is 4.87. The van der Waals surface area contributed by atoms with Gasteiger partial charge in [0.25, 0.3) is 0 Å². The number of fused-ring (bicyclic) bond motifs is 1. The third kappa shape index (κ3) is 2.70. The lowest BCUT2D eigenvalue weighted by Crippen LogP contribution is -1.97. The second-order valence-electron chi connectivity index (χ2n) is 4.40. The van der Waals surface area contributed by atoms with Gasteiger partial charge in [-0.25, -0.2) is 14.8 Å². The summed E-state index contributed by atoms with van der Waals surface area (Å²) in [6, 6.07) is 7.88. The summed E-state index contributed by atoms with van der Waals surface area (Å²) in [6.45, 7) is 1.78. The predicted octanol–water partition coefficient (Wildman–Crippen LogP) is 4.05. The molecule has 0 saturated carbocycles. The first kappa shape index (κ1) is 14.2. The van der Waals surface area contributed by atoms with E-state index in [1.807, 2.05) is 24.3 Å². The van der Waals surface area contributed by atoms with Gasteiger partial charge in [-0.3, -0.25) is 0 Å². The number of carbonyl (C=O) groups is 1. The fraction of sp³-hybridized carbons (Fsp3) is 0.0714. The minimum Gasteiger partial charge on any atom is -0.477 e. The van der Waals surface area contributed by atoms with Gasteiger partial charge in [-0.15, -0.1) is 11.3 Å². The lowest BCUT2D eigenvalue weighted by molar-refractivity contribution is 0.0701. The van der Waals surface area contributed by atoms with Gasteiger partial charge < -0.3 is 10.4 Å². The Morgan fingerprint density at radius 2 is 2.19 bits per heavy atom. The van der Waals surface area contributed by atoms with Gasteiger partial charge in [-0.05, 0) is 53.3 Å². The molecule has 21 heavy (non-hydrogen) atoms. The summed E-state index contributed by atoms with van der Waals surface area (Å²) in [5.74, 6) is -0.307. The topological polar surface area (TPSA) is 75.1 Å². The monoisotopic (exact) mass is 411 g/mol. The first-order valence-corrected chi connectivity index (χ1v) is 7.96. The third-order valence-electron chi connectivity index (χ3n) is 3.01. The van der Waals surface area contributed by atoms with Crippen LogP contribution in [0.25, 0.3) is 10.2 Å². The van der Waals surface area contributed by atoms with Crippen LogP contribution in [0.3, 0.4) is 0 Å². The smallest absolute Gasteiger partial charge is 0.346 e. The second-order valence-corrected chi connectivity index (χ2v) is 6.64. The first-order valence-electron chi connectivity index (χ1n) is 6.06. The van der Waals surface area contributed by atoms with Crippen LogP contribution in [0.15, 0.2) is 30.6 Å². The summed E-state index contributed by atoms with van der Waals surface area (Å²) >= 11 is 3.40. The number of carboxylic acid groups (broad SMARTS) is 1. The summed E-state index contributed by atoms with van der Waals surface area (Å²) in [7, 11) is 0. The zero-order chi connectivity index (χ0) is 15.0. The van der Waals surface area contributed by atoms with Crippen LogP contribution in [-0.4, -0.2) is 21.0 Å². The summed E-state index contributed by atoms with van der Waals surface area (Å²) < 4.78 is 1.11. The Hall–Kier alpha value is -1.74. The first-order chi connectivity index (χ1) is 10.1. The highest BCUT2D eigenvalue weighted by molar-refractivity contribution is 14.1. The van der Waals surface area contributed by atoms with Crippen LogP contribution in [-0.2, 0) is 0 Å². The molecule has 7 heteroatoms. The Kier molecular flexibility index (Phi) is 3.77. The number of nitrogens with zero attached hydrogens (tertiary/aromatic N) is 2. The van der Waals surface area contributed by atoms with Crippen molar-refractivity contribution in [3.63, 3.8) is 0 Å². The molecule has 0 unspecified atom stereocenters. The number of benzene rings is 1. The van der Waals surface area contributed by atoms with Gasteiger partial charge in [0.05, 0.1) is 5.39 Å². The average Bonchev–Trinajstić information content (AvgIpc) is 2.77. The Labute approximate surface area is 138 Å². The SMILES string of the molecule is Cc1c(C(=O)O)sc2ncnc(Nc3cccc(I)c3)c12. The van der Waals surface area contributed by atoms with E-state index in [9.17, 15) is 9.90 Å². The van der Waals surface area contributed by atoms with Gasteiger partial charge in [-0.1, -0.05) is 6.07 Å². The maximum atomic E-state index is 11.2. The molecule has 0 radical (unpaired) electrons. The van der Waals surface area contributed by atoms with E-state index in [1.165, 1.54) is 17.7 Å². The van der Waals surface area contributed by atoms with Crippen LogP contribution in [0.4, 0.5) is 11.5 Å². The molecule has 2 heterocycles. The van der Waals surface area contributed by atoms with E-state index in [1.54, 1.807) is 6.92 Å². The molecular formula is C14H10IN3O2S. The predicted molar refractivity (Wildman–Crippen MR) is 91.6 cm³/mol. The Morgan fingerprint density at radius 1 is 1.38 bits per heavy atom. The van der Waals surface area contributed by atoms with Gasteiger partial charge in [0, 0.05) is 9.26 Å². The highest BCUT2D eigenvalue weighted by atomic mass is 127. The van der Waals surface area contributed by atoms with Crippen molar-refractivity contribution in [3.8, 4) is 0 Å². The molecule has 0 spiro atoms. The van der Waals surface area contributed by atoms with Crippen LogP contribution in [0.5, 0.6) is 0 Å². The van der Waals surface area contributed by atoms with Gasteiger partial charge in [0.15, 0.2) is 0 Å². The van der Waals surface area contributed by atoms with Crippen molar-refractivity contribution in [1.29, 1.82) is 0 Å². The molecule has 5 nitrogen and oxygen atoms in total. The lowest BCUT2D eigenvalue weighted by Gasteiger charge is -2.07. The highest BCUT2D eigenvalue weighted by Gasteiger charge is 2.18. The Bertz CT molecular complexity index is 847. The Balaban J connectivity index is 2.12. The summed E-state index contributed by atoms with van der Waals surface area (Å²) in [5.41, 5.74) is 1.60. The van der Waals surface area contributed by atoms with E-state index in [4.69, 9.17) is 0 Å². The largest absolute Gasteiger partial charge is 0.477 e. The van der Waals surface area contributed by atoms with Gasteiger partial charge >= 0.3 is 5.97 Å². The molecule has 0 saturated heterocycles. The van der Waals surface area contributed by atoms with Gasteiger partial charge in [0.1, 0.15) is 21.9 Å². The molecule has 3 rings (SSSR count). The molecular weight excluding hydrogens is 401 g/mol. The van der Waals surface area contributed by atoms with Crippen molar-refractivity contribution in [2.45, 2.75) is 6.92 Å². The van der Waals surface area contributed by atoms with Gasteiger partial charge in [0.2, 0.25) is 0 Å². The summed E-state index contributed by atoms with van der Waals surface area (Å²) in [6.07, 6.45) is 1.44. The zero-order valence-electron chi connectivity index (χ0n) is 10.9. The molecule has 0 fully saturated rings. The molecule has 106 valence electrons. The Morgan fingerprint density at radius 3 is 2.90 bits per heavy atom. The fourth-order valence-corrected chi connectivity index (χ4v) is 3.60. The van der Waals surface area contributed by atoms with Crippen molar-refractivity contribution in [2.24, 2.45) is 0 Å². The van der Waals surface area contributed by atoms with Crippen molar-refractivity contribution >= 4 is 61.6 Å². The van der Waals surface area contributed by atoms with Gasteiger partial charge in [-0.2, -0.15) is 0 Å². The van der Waals surface area contributed by atoms with Crippen LogP contribution < -0.4 is 5.32 Å². The molecule has 0 atom stereocenters. The molecule has 0 bridgehead atoms. The normalized spacial score (nSPS) is 10.8. The number of thiophene rings is 1. The van der Waals surface area contributed by atoms with Crippen LogP contribution >= 0.6 is 33.9 Å².